The number of thioether (sulfide) groups is 1. The summed E-state index contributed by atoms with van der Waals surface area (Å²) in [5.41, 5.74) is 4.11. The third kappa shape index (κ3) is 5.86. The van der Waals surface area contributed by atoms with E-state index in [1.54, 1.807) is 0 Å². The molecule has 0 atom stereocenters. The monoisotopic (exact) mass is 383 g/mol. The molecule has 0 saturated carbocycles. The van der Waals surface area contributed by atoms with Gasteiger partial charge in [-0.25, -0.2) is 0 Å². The van der Waals surface area contributed by atoms with Gasteiger partial charge in [0.2, 0.25) is 5.91 Å². The predicted molar refractivity (Wildman–Crippen MR) is 105 cm³/mol. The normalized spacial score (nSPS) is 10.6. The highest BCUT2D eigenvalue weighted by Gasteiger charge is 2.11. The lowest BCUT2D eigenvalue weighted by Crippen LogP contribution is -2.14. The van der Waals surface area contributed by atoms with Crippen molar-refractivity contribution >= 4 is 23.4 Å². The number of anilines is 1. The molecule has 0 aliphatic rings. The van der Waals surface area contributed by atoms with Crippen molar-refractivity contribution in [1.82, 2.24) is 10.2 Å². The van der Waals surface area contributed by atoms with Crippen LogP contribution in [0.25, 0.3) is 0 Å². The van der Waals surface area contributed by atoms with Crippen LogP contribution in [0.1, 0.15) is 22.6 Å². The second-order valence-electron chi connectivity index (χ2n) is 6.28. The smallest absolute Gasteiger partial charge is 0.277 e. The molecule has 0 fully saturated rings. The summed E-state index contributed by atoms with van der Waals surface area (Å²) in [5, 5.41) is 11.1. The van der Waals surface area contributed by atoms with Gasteiger partial charge in [0.1, 0.15) is 5.75 Å². The largest absolute Gasteiger partial charge is 0.484 e. The van der Waals surface area contributed by atoms with E-state index in [4.69, 9.17) is 9.15 Å². The van der Waals surface area contributed by atoms with Crippen LogP contribution in [-0.2, 0) is 11.4 Å². The van der Waals surface area contributed by atoms with E-state index in [1.807, 2.05) is 57.2 Å². The first-order valence-electron chi connectivity index (χ1n) is 8.51. The average Bonchev–Trinajstić information content (AvgIpc) is 3.05. The Kier molecular flexibility index (Phi) is 6.13. The summed E-state index contributed by atoms with van der Waals surface area (Å²) in [6, 6.07) is 13.7. The molecule has 0 aliphatic heterocycles. The van der Waals surface area contributed by atoms with Gasteiger partial charge in [0.15, 0.2) is 6.61 Å². The van der Waals surface area contributed by atoms with Gasteiger partial charge in [-0.3, -0.25) is 4.79 Å². The molecule has 7 heteroatoms. The number of nitrogens with zero attached hydrogens (tertiary/aromatic N) is 2. The summed E-state index contributed by atoms with van der Waals surface area (Å²) in [5.74, 6) is 1.18. The second-order valence-corrected chi connectivity index (χ2v) is 7.21. The van der Waals surface area contributed by atoms with Crippen molar-refractivity contribution in [2.24, 2.45) is 0 Å². The van der Waals surface area contributed by atoms with E-state index < -0.39 is 0 Å². The molecule has 3 rings (SSSR count). The third-order valence-corrected chi connectivity index (χ3v) is 4.45. The van der Waals surface area contributed by atoms with Crippen LogP contribution in [0.4, 0.5) is 5.69 Å². The number of nitrogens with one attached hydrogen (secondary N) is 1. The summed E-state index contributed by atoms with van der Waals surface area (Å²) in [6.07, 6.45) is 0. The van der Waals surface area contributed by atoms with E-state index in [0.29, 0.717) is 11.1 Å². The highest BCUT2D eigenvalue weighted by molar-refractivity contribution is 7.99. The standard InChI is InChI=1S/C20H21N3O3S/c1-13-5-4-6-17(10-13)25-11-19-22-23-20(26-19)27-12-18(24)21-16-8-14(2)7-15(3)9-16/h4-10H,11-12H2,1-3H3,(H,21,24). The zero-order valence-electron chi connectivity index (χ0n) is 15.5. The van der Waals surface area contributed by atoms with E-state index in [0.717, 1.165) is 28.1 Å². The first-order valence-corrected chi connectivity index (χ1v) is 9.49. The molecule has 6 nitrogen and oxygen atoms in total. The van der Waals surface area contributed by atoms with Crippen molar-refractivity contribution in [3.8, 4) is 5.75 Å². The van der Waals surface area contributed by atoms with E-state index in [-0.39, 0.29) is 18.3 Å². The predicted octanol–water partition coefficient (Wildman–Crippen LogP) is 4.30. The van der Waals surface area contributed by atoms with Crippen LogP contribution in [0.15, 0.2) is 52.1 Å². The summed E-state index contributed by atoms with van der Waals surface area (Å²) in [4.78, 5) is 12.1. The van der Waals surface area contributed by atoms with Crippen molar-refractivity contribution in [1.29, 1.82) is 0 Å². The molecule has 3 aromatic rings. The molecule has 1 amide bonds. The molecule has 2 aromatic carbocycles. The highest BCUT2D eigenvalue weighted by Crippen LogP contribution is 2.19. The minimum atomic E-state index is -0.124. The van der Waals surface area contributed by atoms with Gasteiger partial charge in [0.05, 0.1) is 5.75 Å². The maximum Gasteiger partial charge on any atom is 0.277 e. The van der Waals surface area contributed by atoms with Gasteiger partial charge in [0, 0.05) is 5.69 Å². The fraction of sp³-hybridized carbons (Fsp3) is 0.250. The highest BCUT2D eigenvalue weighted by atomic mass is 32.2. The fourth-order valence-corrected chi connectivity index (χ4v) is 3.16. The lowest BCUT2D eigenvalue weighted by atomic mass is 10.1. The number of carbonyl (C=O) groups excluding carboxylic acids is 1. The molecule has 0 unspecified atom stereocenters. The SMILES string of the molecule is Cc1cc(C)cc(NC(=O)CSc2nnc(COc3cccc(C)c3)o2)c1. The Morgan fingerprint density at radius 2 is 1.85 bits per heavy atom. The Morgan fingerprint density at radius 3 is 2.59 bits per heavy atom. The molecule has 1 aromatic heterocycles. The maximum absolute atomic E-state index is 12.1. The average molecular weight is 383 g/mol. The Morgan fingerprint density at radius 1 is 1.07 bits per heavy atom. The first-order chi connectivity index (χ1) is 13.0. The summed E-state index contributed by atoms with van der Waals surface area (Å²) >= 11 is 1.19. The molecule has 0 radical (unpaired) electrons. The molecule has 1 N–H and O–H groups in total. The lowest BCUT2D eigenvalue weighted by Gasteiger charge is -2.06. The Hall–Kier alpha value is -2.80. The number of ether oxygens (including phenoxy) is 1. The molecule has 0 spiro atoms. The van der Waals surface area contributed by atoms with Crippen molar-refractivity contribution in [2.75, 3.05) is 11.1 Å². The Balaban J connectivity index is 1.48. The van der Waals surface area contributed by atoms with Crippen molar-refractivity contribution in [3.05, 3.63) is 65.0 Å². The van der Waals surface area contributed by atoms with Gasteiger partial charge < -0.3 is 14.5 Å². The van der Waals surface area contributed by atoms with Crippen molar-refractivity contribution in [3.63, 3.8) is 0 Å². The quantitative estimate of drug-likeness (QED) is 0.613. The van der Waals surface area contributed by atoms with Gasteiger partial charge in [-0.15, -0.1) is 10.2 Å². The summed E-state index contributed by atoms with van der Waals surface area (Å²) in [6.45, 7) is 6.18. The van der Waals surface area contributed by atoms with E-state index >= 15 is 0 Å². The third-order valence-electron chi connectivity index (χ3n) is 3.63. The van der Waals surface area contributed by atoms with Crippen molar-refractivity contribution < 1.29 is 13.9 Å². The van der Waals surface area contributed by atoms with Crippen LogP contribution in [0.5, 0.6) is 5.75 Å². The zero-order chi connectivity index (χ0) is 19.2. The molecular formula is C20H21N3O3S. The summed E-state index contributed by atoms with van der Waals surface area (Å²) < 4.78 is 11.1. The topological polar surface area (TPSA) is 77.2 Å². The molecule has 1 heterocycles. The number of amides is 1. The van der Waals surface area contributed by atoms with E-state index in [9.17, 15) is 4.79 Å². The Labute approximate surface area is 162 Å². The van der Waals surface area contributed by atoms with Gasteiger partial charge in [0.25, 0.3) is 11.1 Å². The van der Waals surface area contributed by atoms with Gasteiger partial charge in [-0.2, -0.15) is 0 Å². The van der Waals surface area contributed by atoms with Crippen molar-refractivity contribution in [2.45, 2.75) is 32.6 Å². The van der Waals surface area contributed by atoms with Gasteiger partial charge in [-0.1, -0.05) is 30.0 Å². The van der Waals surface area contributed by atoms with E-state index in [2.05, 4.69) is 21.6 Å². The number of hydrogen-bond acceptors (Lipinski definition) is 6. The minimum Gasteiger partial charge on any atom is -0.484 e. The number of carbonyl (C=O) groups is 1. The molecular weight excluding hydrogens is 362 g/mol. The van der Waals surface area contributed by atoms with Crippen LogP contribution in [0.3, 0.4) is 0 Å². The number of hydrogen-bond donors (Lipinski definition) is 1. The zero-order valence-corrected chi connectivity index (χ0v) is 16.3. The number of benzene rings is 2. The molecule has 140 valence electrons. The lowest BCUT2D eigenvalue weighted by molar-refractivity contribution is -0.113. The minimum absolute atomic E-state index is 0.124. The first kappa shape index (κ1) is 19.0. The van der Waals surface area contributed by atoms with E-state index in [1.165, 1.54) is 11.8 Å². The number of aromatic nitrogens is 2. The van der Waals surface area contributed by atoms with Gasteiger partial charge >= 0.3 is 0 Å². The van der Waals surface area contributed by atoms with Crippen LogP contribution in [0, 0.1) is 20.8 Å². The number of aryl methyl sites for hydroxylation is 3. The molecule has 27 heavy (non-hydrogen) atoms. The van der Waals surface area contributed by atoms with Gasteiger partial charge in [-0.05, 0) is 61.7 Å². The second kappa shape index (κ2) is 8.73. The maximum atomic E-state index is 12.1. The molecule has 0 saturated heterocycles. The van der Waals surface area contributed by atoms with Crippen LogP contribution in [0.2, 0.25) is 0 Å². The number of rotatable bonds is 7. The summed E-state index contributed by atoms with van der Waals surface area (Å²) in [7, 11) is 0. The molecule has 0 bridgehead atoms. The fourth-order valence-electron chi connectivity index (χ4n) is 2.58. The van der Waals surface area contributed by atoms with Crippen LogP contribution >= 0.6 is 11.8 Å². The Bertz CT molecular complexity index is 919. The molecule has 0 aliphatic carbocycles. The van der Waals surface area contributed by atoms with Crippen LogP contribution < -0.4 is 10.1 Å². The van der Waals surface area contributed by atoms with Crippen LogP contribution in [-0.4, -0.2) is 21.9 Å².